The average Bonchev–Trinajstić information content (AvgIpc) is 2.56. The molecular formula is C18H19NO3S. The molecule has 2 aromatic rings. The summed E-state index contributed by atoms with van der Waals surface area (Å²) in [6, 6.07) is 15.2. The Bertz CT molecular complexity index is 798. The molecule has 0 bridgehead atoms. The van der Waals surface area contributed by atoms with E-state index >= 15 is 0 Å². The zero-order valence-corrected chi connectivity index (χ0v) is 13.8. The maximum Gasteiger partial charge on any atom is 0.244 e. The van der Waals surface area contributed by atoms with E-state index in [1.807, 2.05) is 37.3 Å². The smallest absolute Gasteiger partial charge is 0.244 e. The van der Waals surface area contributed by atoms with Crippen LogP contribution in [0.3, 0.4) is 0 Å². The van der Waals surface area contributed by atoms with Crippen molar-refractivity contribution in [1.29, 1.82) is 0 Å². The van der Waals surface area contributed by atoms with Gasteiger partial charge in [-0.2, -0.15) is 4.31 Å². The highest BCUT2D eigenvalue weighted by atomic mass is 32.2. The van der Waals surface area contributed by atoms with Crippen LogP contribution in [0.4, 0.5) is 0 Å². The summed E-state index contributed by atoms with van der Waals surface area (Å²) in [7, 11) is -3.70. The van der Waals surface area contributed by atoms with Gasteiger partial charge in [0.25, 0.3) is 0 Å². The minimum Gasteiger partial charge on any atom is -0.298 e. The molecule has 2 aromatic carbocycles. The summed E-state index contributed by atoms with van der Waals surface area (Å²) in [6.45, 7) is 2.27. The molecule has 1 atom stereocenters. The summed E-state index contributed by atoms with van der Waals surface area (Å²) in [5.74, 6) is -0.0434. The lowest BCUT2D eigenvalue weighted by Gasteiger charge is -2.33. The highest BCUT2D eigenvalue weighted by Crippen LogP contribution is 2.33. The number of piperidine rings is 1. The molecule has 1 heterocycles. The van der Waals surface area contributed by atoms with Gasteiger partial charge in [-0.1, -0.05) is 48.0 Å². The number of ketones is 1. The van der Waals surface area contributed by atoms with Crippen molar-refractivity contribution in [2.75, 3.05) is 6.54 Å². The molecule has 5 heteroatoms. The number of carbonyl (C=O) groups is 1. The third-order valence-corrected chi connectivity index (χ3v) is 6.02. The Kier molecular flexibility index (Phi) is 4.33. The van der Waals surface area contributed by atoms with Gasteiger partial charge in [0.15, 0.2) is 5.78 Å². The van der Waals surface area contributed by atoms with Crippen LogP contribution in [0.15, 0.2) is 59.5 Å². The second-order valence-corrected chi connectivity index (χ2v) is 7.70. The molecule has 1 saturated heterocycles. The minimum atomic E-state index is -3.70. The van der Waals surface area contributed by atoms with E-state index in [-0.39, 0.29) is 10.7 Å². The van der Waals surface area contributed by atoms with Gasteiger partial charge in [-0.3, -0.25) is 4.79 Å². The number of Topliss-reactive ketones (excluding diaryl/α,β-unsaturated/α-hetero) is 1. The Balaban J connectivity index is 2.04. The molecule has 4 nitrogen and oxygen atoms in total. The van der Waals surface area contributed by atoms with Crippen molar-refractivity contribution in [3.63, 3.8) is 0 Å². The number of nitrogens with zero attached hydrogens (tertiary/aromatic N) is 1. The van der Waals surface area contributed by atoms with Gasteiger partial charge in [-0.15, -0.1) is 0 Å². The van der Waals surface area contributed by atoms with Crippen molar-refractivity contribution < 1.29 is 13.2 Å². The lowest BCUT2D eigenvalue weighted by molar-refractivity contribution is -0.124. The Morgan fingerprint density at radius 3 is 2.30 bits per heavy atom. The standard InChI is InChI=1S/C18H19NO3S/c1-14-9-11-16(12-10-14)23(21,22)19-13-5-8-17(20)18(19)15-6-3-2-4-7-15/h2-4,6-7,9-12,18H,5,8,13H2,1H3. The van der Waals surface area contributed by atoms with E-state index in [1.165, 1.54) is 4.31 Å². The number of aryl methyl sites for hydroxylation is 1. The molecule has 0 saturated carbocycles. The Labute approximate surface area is 136 Å². The fraction of sp³-hybridized carbons (Fsp3) is 0.278. The Morgan fingerprint density at radius 2 is 1.65 bits per heavy atom. The average molecular weight is 329 g/mol. The molecule has 0 radical (unpaired) electrons. The van der Waals surface area contributed by atoms with Gasteiger partial charge in [-0.25, -0.2) is 8.42 Å². The summed E-state index contributed by atoms with van der Waals surface area (Å²) in [5.41, 5.74) is 1.73. The van der Waals surface area contributed by atoms with E-state index in [2.05, 4.69) is 0 Å². The van der Waals surface area contributed by atoms with Gasteiger partial charge in [0.1, 0.15) is 6.04 Å². The molecule has 0 aliphatic carbocycles. The van der Waals surface area contributed by atoms with Crippen molar-refractivity contribution in [2.45, 2.75) is 30.7 Å². The van der Waals surface area contributed by atoms with E-state index in [4.69, 9.17) is 0 Å². The molecule has 0 N–H and O–H groups in total. The fourth-order valence-corrected chi connectivity index (χ4v) is 4.56. The second kappa shape index (κ2) is 6.26. The van der Waals surface area contributed by atoms with Gasteiger partial charge in [0.05, 0.1) is 4.90 Å². The van der Waals surface area contributed by atoms with Crippen molar-refractivity contribution in [2.24, 2.45) is 0 Å². The first-order valence-corrected chi connectivity index (χ1v) is 9.10. The van der Waals surface area contributed by atoms with Gasteiger partial charge in [0, 0.05) is 13.0 Å². The van der Waals surface area contributed by atoms with Crippen molar-refractivity contribution in [3.05, 3.63) is 65.7 Å². The van der Waals surface area contributed by atoms with E-state index in [0.29, 0.717) is 19.4 Å². The van der Waals surface area contributed by atoms with Crippen LogP contribution in [0.5, 0.6) is 0 Å². The zero-order chi connectivity index (χ0) is 16.4. The summed E-state index contributed by atoms with van der Waals surface area (Å²) >= 11 is 0. The van der Waals surface area contributed by atoms with E-state index in [0.717, 1.165) is 11.1 Å². The van der Waals surface area contributed by atoms with Gasteiger partial charge in [0.2, 0.25) is 10.0 Å². The van der Waals surface area contributed by atoms with Crippen LogP contribution >= 0.6 is 0 Å². The van der Waals surface area contributed by atoms with Crippen LogP contribution in [-0.2, 0) is 14.8 Å². The molecule has 1 aliphatic rings. The maximum atomic E-state index is 13.0. The van der Waals surface area contributed by atoms with Gasteiger partial charge < -0.3 is 0 Å². The number of sulfonamides is 1. The van der Waals surface area contributed by atoms with Crippen molar-refractivity contribution in [3.8, 4) is 0 Å². The number of rotatable bonds is 3. The number of carbonyl (C=O) groups excluding carboxylic acids is 1. The molecule has 1 fully saturated rings. The quantitative estimate of drug-likeness (QED) is 0.869. The maximum absolute atomic E-state index is 13.0. The highest BCUT2D eigenvalue weighted by Gasteiger charge is 2.39. The zero-order valence-electron chi connectivity index (χ0n) is 13.0. The molecule has 0 amide bonds. The lowest BCUT2D eigenvalue weighted by atomic mass is 9.96. The topological polar surface area (TPSA) is 54.5 Å². The van der Waals surface area contributed by atoms with E-state index in [9.17, 15) is 13.2 Å². The molecular weight excluding hydrogens is 310 g/mol. The number of hydrogen-bond donors (Lipinski definition) is 0. The van der Waals surface area contributed by atoms with Crippen LogP contribution in [0.2, 0.25) is 0 Å². The Morgan fingerprint density at radius 1 is 1.00 bits per heavy atom. The molecule has 23 heavy (non-hydrogen) atoms. The number of hydrogen-bond acceptors (Lipinski definition) is 3. The molecule has 1 aliphatic heterocycles. The van der Waals surface area contributed by atoms with Crippen LogP contribution < -0.4 is 0 Å². The van der Waals surface area contributed by atoms with Gasteiger partial charge >= 0.3 is 0 Å². The molecule has 1 unspecified atom stereocenters. The lowest BCUT2D eigenvalue weighted by Crippen LogP contribution is -2.43. The van der Waals surface area contributed by atoms with Crippen LogP contribution in [0.1, 0.15) is 30.0 Å². The molecule has 120 valence electrons. The number of benzene rings is 2. The predicted molar refractivity (Wildman–Crippen MR) is 88.5 cm³/mol. The Hall–Kier alpha value is -1.98. The first kappa shape index (κ1) is 15.9. The first-order chi connectivity index (χ1) is 11.0. The van der Waals surface area contributed by atoms with Gasteiger partial charge in [-0.05, 0) is 31.0 Å². The summed E-state index contributed by atoms with van der Waals surface area (Å²) < 4.78 is 27.3. The summed E-state index contributed by atoms with van der Waals surface area (Å²) in [5, 5.41) is 0. The molecule has 0 aromatic heterocycles. The monoisotopic (exact) mass is 329 g/mol. The van der Waals surface area contributed by atoms with Crippen molar-refractivity contribution >= 4 is 15.8 Å². The third-order valence-electron chi connectivity index (χ3n) is 4.14. The minimum absolute atomic E-state index is 0.0434. The molecule has 0 spiro atoms. The largest absolute Gasteiger partial charge is 0.298 e. The van der Waals surface area contributed by atoms with Crippen LogP contribution in [0.25, 0.3) is 0 Å². The van der Waals surface area contributed by atoms with Crippen molar-refractivity contribution in [1.82, 2.24) is 4.31 Å². The molecule has 3 rings (SSSR count). The predicted octanol–water partition coefficient (Wildman–Crippen LogP) is 3.09. The second-order valence-electron chi connectivity index (χ2n) is 5.81. The first-order valence-electron chi connectivity index (χ1n) is 7.66. The normalized spacial score (nSPS) is 19.7. The summed E-state index contributed by atoms with van der Waals surface area (Å²) in [4.78, 5) is 12.7. The van der Waals surface area contributed by atoms with E-state index < -0.39 is 16.1 Å². The SMILES string of the molecule is Cc1ccc(S(=O)(=O)N2CCCC(=O)C2c2ccccc2)cc1. The third kappa shape index (κ3) is 3.07. The van der Waals surface area contributed by atoms with Crippen LogP contribution in [-0.4, -0.2) is 25.1 Å². The fourth-order valence-electron chi connectivity index (χ4n) is 2.93. The highest BCUT2D eigenvalue weighted by molar-refractivity contribution is 7.89. The van der Waals surface area contributed by atoms with Crippen LogP contribution in [0, 0.1) is 6.92 Å². The van der Waals surface area contributed by atoms with E-state index in [1.54, 1.807) is 24.3 Å². The summed E-state index contributed by atoms with van der Waals surface area (Å²) in [6.07, 6.45) is 0.979.